The molecule has 2 saturated carbocycles. The van der Waals surface area contributed by atoms with Gasteiger partial charge < -0.3 is 15.3 Å². The van der Waals surface area contributed by atoms with Crippen molar-refractivity contribution in [1.82, 2.24) is 10.2 Å². The fourth-order valence-corrected chi connectivity index (χ4v) is 3.11. The van der Waals surface area contributed by atoms with Gasteiger partial charge in [-0.25, -0.2) is 9.59 Å². The Labute approximate surface area is 120 Å². The number of rotatable bonds is 5. The molecule has 2 unspecified atom stereocenters. The molecule has 0 spiro atoms. The highest BCUT2D eigenvalue weighted by Gasteiger charge is 2.45. The summed E-state index contributed by atoms with van der Waals surface area (Å²) in [5, 5.41) is 12.4. The summed E-state index contributed by atoms with van der Waals surface area (Å²) in [4.78, 5) is 25.8. The number of carbonyl (C=O) groups is 2. The Hall–Kier alpha value is -1.52. The van der Waals surface area contributed by atoms with Gasteiger partial charge in [0.2, 0.25) is 0 Å². The van der Waals surface area contributed by atoms with Gasteiger partial charge in [0, 0.05) is 12.6 Å². The smallest absolute Gasteiger partial charge is 0.329 e. The molecule has 2 fully saturated rings. The Kier molecular flexibility index (Phi) is 4.35. The lowest BCUT2D eigenvalue weighted by atomic mass is 9.76. The third kappa shape index (κ3) is 3.14. The van der Waals surface area contributed by atoms with Gasteiger partial charge in [-0.05, 0) is 31.6 Å². The lowest BCUT2D eigenvalue weighted by Gasteiger charge is -2.38. The first-order valence-corrected chi connectivity index (χ1v) is 7.41. The van der Waals surface area contributed by atoms with E-state index in [0.29, 0.717) is 25.3 Å². The number of hydrogen-bond acceptors (Lipinski definition) is 2. The zero-order valence-electron chi connectivity index (χ0n) is 12.1. The summed E-state index contributed by atoms with van der Waals surface area (Å²) in [6, 6.07) is -0.0104. The molecular weight excluding hydrogens is 256 g/mol. The number of carboxylic acids is 1. The molecule has 2 aliphatic rings. The van der Waals surface area contributed by atoms with E-state index >= 15 is 0 Å². The molecule has 0 saturated heterocycles. The molecule has 2 aliphatic carbocycles. The highest BCUT2D eigenvalue weighted by molar-refractivity contribution is 5.86. The van der Waals surface area contributed by atoms with Crippen LogP contribution in [0.4, 0.5) is 4.79 Å². The second kappa shape index (κ2) is 5.85. The van der Waals surface area contributed by atoms with E-state index in [-0.39, 0.29) is 12.1 Å². The van der Waals surface area contributed by atoms with E-state index in [0.717, 1.165) is 25.7 Å². The molecule has 5 heteroatoms. The second-order valence-corrected chi connectivity index (χ2v) is 6.19. The summed E-state index contributed by atoms with van der Waals surface area (Å²) in [5.41, 5.74) is -1.09. The number of nitrogens with one attached hydrogen (secondary N) is 1. The van der Waals surface area contributed by atoms with Crippen molar-refractivity contribution >= 4 is 12.0 Å². The monoisotopic (exact) mass is 280 g/mol. The van der Waals surface area contributed by atoms with Crippen LogP contribution in [-0.4, -0.2) is 40.1 Å². The molecule has 112 valence electrons. The van der Waals surface area contributed by atoms with Crippen molar-refractivity contribution in [2.75, 3.05) is 6.54 Å². The summed E-state index contributed by atoms with van der Waals surface area (Å²) in [7, 11) is 0. The van der Waals surface area contributed by atoms with Crippen LogP contribution < -0.4 is 5.32 Å². The van der Waals surface area contributed by atoms with Crippen LogP contribution in [0.1, 0.15) is 45.4 Å². The molecule has 0 aromatic rings. The molecule has 0 radical (unpaired) electrons. The predicted molar refractivity (Wildman–Crippen MR) is 76.5 cm³/mol. The van der Waals surface area contributed by atoms with Gasteiger partial charge in [0.05, 0.1) is 0 Å². The highest BCUT2D eigenvalue weighted by Crippen LogP contribution is 2.33. The third-order valence-corrected chi connectivity index (χ3v) is 4.33. The van der Waals surface area contributed by atoms with Crippen LogP contribution in [0.25, 0.3) is 0 Å². The van der Waals surface area contributed by atoms with Crippen LogP contribution in [0.3, 0.4) is 0 Å². The van der Waals surface area contributed by atoms with Crippen molar-refractivity contribution in [3.05, 3.63) is 12.7 Å². The Morgan fingerprint density at radius 1 is 1.45 bits per heavy atom. The molecule has 0 aromatic heterocycles. The van der Waals surface area contributed by atoms with Crippen LogP contribution in [0.5, 0.6) is 0 Å². The van der Waals surface area contributed by atoms with Crippen molar-refractivity contribution in [2.45, 2.75) is 57.0 Å². The van der Waals surface area contributed by atoms with E-state index < -0.39 is 11.5 Å². The summed E-state index contributed by atoms with van der Waals surface area (Å²) in [5.74, 6) is -0.583. The molecule has 0 aromatic carbocycles. The predicted octanol–water partition coefficient (Wildman–Crippen LogP) is 2.38. The van der Waals surface area contributed by atoms with E-state index in [9.17, 15) is 14.7 Å². The molecule has 20 heavy (non-hydrogen) atoms. The molecule has 2 rings (SSSR count). The Balaban J connectivity index is 2.08. The van der Waals surface area contributed by atoms with Crippen LogP contribution in [0, 0.1) is 5.92 Å². The van der Waals surface area contributed by atoms with Gasteiger partial charge in [0.15, 0.2) is 0 Å². The summed E-state index contributed by atoms with van der Waals surface area (Å²) in [6.07, 6.45) is 6.60. The van der Waals surface area contributed by atoms with E-state index in [1.807, 2.05) is 6.92 Å². The molecule has 0 aliphatic heterocycles. The lowest BCUT2D eigenvalue weighted by molar-refractivity contribution is -0.146. The van der Waals surface area contributed by atoms with Crippen molar-refractivity contribution in [2.24, 2.45) is 5.92 Å². The van der Waals surface area contributed by atoms with Crippen LogP contribution in [0.2, 0.25) is 0 Å². The third-order valence-electron chi connectivity index (χ3n) is 4.33. The fourth-order valence-electron chi connectivity index (χ4n) is 3.11. The average molecular weight is 280 g/mol. The number of carboxylic acid groups (broad SMARTS) is 1. The minimum absolute atomic E-state index is 0.250. The number of amides is 2. The standard InChI is InChI=1S/C15H24N2O3/c1-3-9-17(12-6-7-12)14(20)16-15(13(18)19)8-4-5-11(2)10-15/h3,11-12H,1,4-10H2,2H3,(H,16,20)(H,18,19). The Bertz CT molecular complexity index is 406. The number of aliphatic carboxylic acids is 1. The van der Waals surface area contributed by atoms with Gasteiger partial charge in [-0.1, -0.05) is 25.8 Å². The largest absolute Gasteiger partial charge is 0.480 e. The maximum atomic E-state index is 12.4. The number of carbonyl (C=O) groups excluding carboxylic acids is 1. The van der Waals surface area contributed by atoms with Crippen molar-refractivity contribution < 1.29 is 14.7 Å². The molecule has 2 atom stereocenters. The quantitative estimate of drug-likeness (QED) is 0.760. The van der Waals surface area contributed by atoms with Crippen LogP contribution >= 0.6 is 0 Å². The van der Waals surface area contributed by atoms with Crippen molar-refractivity contribution in [3.63, 3.8) is 0 Å². The van der Waals surface area contributed by atoms with Gasteiger partial charge in [-0.15, -0.1) is 6.58 Å². The van der Waals surface area contributed by atoms with Crippen LogP contribution in [-0.2, 0) is 4.79 Å². The second-order valence-electron chi connectivity index (χ2n) is 6.19. The number of urea groups is 1. The minimum Gasteiger partial charge on any atom is -0.480 e. The first-order valence-electron chi connectivity index (χ1n) is 7.41. The molecule has 2 N–H and O–H groups in total. The summed E-state index contributed by atoms with van der Waals surface area (Å²) in [6.45, 7) is 6.19. The van der Waals surface area contributed by atoms with Gasteiger partial charge >= 0.3 is 12.0 Å². The van der Waals surface area contributed by atoms with E-state index in [1.54, 1.807) is 11.0 Å². The molecule has 0 heterocycles. The highest BCUT2D eigenvalue weighted by atomic mass is 16.4. The van der Waals surface area contributed by atoms with E-state index in [1.165, 1.54) is 0 Å². The molecule has 0 bridgehead atoms. The SMILES string of the molecule is C=CCN(C(=O)NC1(C(=O)O)CCCC(C)C1)C1CC1. The molecular formula is C15H24N2O3. The summed E-state index contributed by atoms with van der Waals surface area (Å²) < 4.78 is 0. The Morgan fingerprint density at radius 3 is 2.65 bits per heavy atom. The van der Waals surface area contributed by atoms with Gasteiger partial charge in [0.1, 0.15) is 5.54 Å². The first-order chi connectivity index (χ1) is 9.48. The lowest BCUT2D eigenvalue weighted by Crippen LogP contribution is -2.60. The topological polar surface area (TPSA) is 69.6 Å². The van der Waals surface area contributed by atoms with Crippen LogP contribution in [0.15, 0.2) is 12.7 Å². The normalized spacial score (nSPS) is 29.6. The zero-order valence-corrected chi connectivity index (χ0v) is 12.1. The van der Waals surface area contributed by atoms with E-state index in [4.69, 9.17) is 0 Å². The maximum absolute atomic E-state index is 12.4. The number of nitrogens with zero attached hydrogens (tertiary/aromatic N) is 1. The van der Waals surface area contributed by atoms with E-state index in [2.05, 4.69) is 11.9 Å². The number of hydrogen-bond donors (Lipinski definition) is 2. The zero-order chi connectivity index (χ0) is 14.8. The minimum atomic E-state index is -1.09. The van der Waals surface area contributed by atoms with Gasteiger partial charge in [-0.3, -0.25) is 0 Å². The van der Waals surface area contributed by atoms with Gasteiger partial charge in [-0.2, -0.15) is 0 Å². The van der Waals surface area contributed by atoms with Crippen molar-refractivity contribution in [1.29, 1.82) is 0 Å². The first kappa shape index (κ1) is 14.9. The Morgan fingerprint density at radius 2 is 2.15 bits per heavy atom. The van der Waals surface area contributed by atoms with Gasteiger partial charge in [0.25, 0.3) is 0 Å². The summed E-state index contributed by atoms with van der Waals surface area (Å²) >= 11 is 0. The molecule has 5 nitrogen and oxygen atoms in total. The maximum Gasteiger partial charge on any atom is 0.329 e. The fraction of sp³-hybridized carbons (Fsp3) is 0.733. The average Bonchev–Trinajstić information content (AvgIpc) is 3.19. The molecule has 2 amide bonds. The van der Waals surface area contributed by atoms with Crippen molar-refractivity contribution in [3.8, 4) is 0 Å².